The van der Waals surface area contributed by atoms with Crippen LogP contribution in [0.5, 0.6) is 11.5 Å². The molecule has 3 aromatic rings. The van der Waals surface area contributed by atoms with Gasteiger partial charge in [-0.1, -0.05) is 11.3 Å². The Morgan fingerprint density at radius 2 is 1.95 bits per heavy atom. The third-order valence-corrected chi connectivity index (χ3v) is 4.27. The number of imidazole rings is 1. The number of aromatic nitrogens is 3. The van der Waals surface area contributed by atoms with Crippen molar-refractivity contribution in [2.75, 3.05) is 32.2 Å². The normalized spacial score (nSPS) is 10.9. The highest BCUT2D eigenvalue weighted by Crippen LogP contribution is 2.22. The molecular weight excluding hydrogens is 300 g/mol. The molecule has 0 aliphatic heterocycles. The maximum Gasteiger partial charge on any atom is 0.214 e. The zero-order valence-electron chi connectivity index (χ0n) is 12.8. The van der Waals surface area contributed by atoms with Crippen LogP contribution in [0.4, 0.5) is 5.13 Å². The first-order valence-corrected chi connectivity index (χ1v) is 7.78. The van der Waals surface area contributed by atoms with Crippen LogP contribution in [-0.4, -0.2) is 41.9 Å². The Labute approximate surface area is 132 Å². The van der Waals surface area contributed by atoms with Gasteiger partial charge in [-0.2, -0.15) is 0 Å². The number of aryl methyl sites for hydroxylation is 1. The summed E-state index contributed by atoms with van der Waals surface area (Å²) in [5.41, 5.74) is 0.982. The van der Waals surface area contributed by atoms with Crippen LogP contribution in [0, 0.1) is 6.92 Å². The van der Waals surface area contributed by atoms with Crippen LogP contribution in [-0.2, 0) is 0 Å². The minimum absolute atomic E-state index is 0.587. The van der Waals surface area contributed by atoms with E-state index in [9.17, 15) is 0 Å². The summed E-state index contributed by atoms with van der Waals surface area (Å²) < 4.78 is 12.7. The minimum Gasteiger partial charge on any atom is -0.497 e. The number of hydrogen-bond acceptors (Lipinski definition) is 6. The van der Waals surface area contributed by atoms with Gasteiger partial charge in [-0.05, 0) is 31.2 Å². The van der Waals surface area contributed by atoms with Gasteiger partial charge in [0.05, 0.1) is 25.5 Å². The van der Waals surface area contributed by atoms with Gasteiger partial charge in [-0.3, -0.25) is 0 Å². The van der Waals surface area contributed by atoms with E-state index >= 15 is 0 Å². The van der Waals surface area contributed by atoms with Gasteiger partial charge >= 0.3 is 0 Å². The summed E-state index contributed by atoms with van der Waals surface area (Å²) in [5.74, 6) is 1.66. The van der Waals surface area contributed by atoms with Crippen LogP contribution in [0.25, 0.3) is 4.96 Å². The van der Waals surface area contributed by atoms with Crippen molar-refractivity contribution in [2.24, 2.45) is 0 Å². The molecule has 0 radical (unpaired) electrons. The molecule has 0 bridgehead atoms. The average Bonchev–Trinajstić information content (AvgIpc) is 3.05. The first kappa shape index (κ1) is 14.6. The number of fused-ring (bicyclic) bond motifs is 1. The Bertz CT molecular complexity index is 719. The molecule has 3 rings (SSSR count). The van der Waals surface area contributed by atoms with E-state index in [-0.39, 0.29) is 0 Å². The molecule has 0 saturated carbocycles. The summed E-state index contributed by atoms with van der Waals surface area (Å²) in [6, 6.07) is 7.58. The summed E-state index contributed by atoms with van der Waals surface area (Å²) in [4.78, 5) is 7.39. The SMILES string of the molecule is COc1ccc(OCCN(C)c2nn3cc(C)nc3s2)cc1. The van der Waals surface area contributed by atoms with Crippen LogP contribution in [0.1, 0.15) is 5.69 Å². The Kier molecular flexibility index (Phi) is 4.15. The van der Waals surface area contributed by atoms with Crippen LogP contribution >= 0.6 is 11.3 Å². The van der Waals surface area contributed by atoms with E-state index < -0.39 is 0 Å². The summed E-state index contributed by atoms with van der Waals surface area (Å²) >= 11 is 1.57. The number of nitrogens with zero attached hydrogens (tertiary/aromatic N) is 4. The van der Waals surface area contributed by atoms with E-state index in [0.29, 0.717) is 6.61 Å². The van der Waals surface area contributed by atoms with Crippen molar-refractivity contribution in [1.82, 2.24) is 14.6 Å². The lowest BCUT2D eigenvalue weighted by Gasteiger charge is -2.15. The predicted octanol–water partition coefficient (Wildman–Crippen LogP) is 2.62. The van der Waals surface area contributed by atoms with E-state index in [2.05, 4.69) is 15.0 Å². The van der Waals surface area contributed by atoms with E-state index in [1.165, 1.54) is 0 Å². The monoisotopic (exact) mass is 318 g/mol. The minimum atomic E-state index is 0.587. The maximum absolute atomic E-state index is 5.73. The molecule has 116 valence electrons. The number of rotatable bonds is 6. The second kappa shape index (κ2) is 6.23. The molecule has 0 saturated heterocycles. The molecule has 0 unspecified atom stereocenters. The van der Waals surface area contributed by atoms with Crippen molar-refractivity contribution < 1.29 is 9.47 Å². The van der Waals surface area contributed by atoms with Crippen LogP contribution in [0.3, 0.4) is 0 Å². The largest absolute Gasteiger partial charge is 0.497 e. The number of methoxy groups -OCH3 is 1. The highest BCUT2D eigenvalue weighted by molar-refractivity contribution is 7.20. The predicted molar refractivity (Wildman–Crippen MR) is 87.4 cm³/mol. The molecule has 0 spiro atoms. The number of benzene rings is 1. The van der Waals surface area contributed by atoms with Gasteiger partial charge in [0, 0.05) is 7.05 Å². The zero-order chi connectivity index (χ0) is 15.5. The molecule has 0 aliphatic carbocycles. The average molecular weight is 318 g/mol. The maximum atomic E-state index is 5.73. The third-order valence-electron chi connectivity index (χ3n) is 3.23. The van der Waals surface area contributed by atoms with Gasteiger partial charge < -0.3 is 14.4 Å². The molecule has 22 heavy (non-hydrogen) atoms. The first-order valence-electron chi connectivity index (χ1n) is 6.96. The second-order valence-electron chi connectivity index (χ2n) is 4.94. The highest BCUT2D eigenvalue weighted by atomic mass is 32.1. The Morgan fingerprint density at radius 1 is 1.23 bits per heavy atom. The van der Waals surface area contributed by atoms with E-state index in [1.807, 2.05) is 48.9 Å². The summed E-state index contributed by atoms with van der Waals surface area (Å²) in [5, 5.41) is 5.44. The van der Waals surface area contributed by atoms with Crippen molar-refractivity contribution in [2.45, 2.75) is 6.92 Å². The number of hydrogen-bond donors (Lipinski definition) is 0. The standard InChI is InChI=1S/C15H18N4O2S/c1-11-10-19-14(16-11)22-15(17-19)18(2)8-9-21-13-6-4-12(20-3)5-7-13/h4-7,10H,8-9H2,1-3H3. The fraction of sp³-hybridized carbons (Fsp3) is 0.333. The van der Waals surface area contributed by atoms with Crippen LogP contribution < -0.4 is 14.4 Å². The van der Waals surface area contributed by atoms with Crippen molar-refractivity contribution in [3.63, 3.8) is 0 Å². The molecule has 0 aliphatic rings. The molecule has 0 N–H and O–H groups in total. The molecule has 2 heterocycles. The molecule has 2 aromatic heterocycles. The Balaban J connectivity index is 1.54. The van der Waals surface area contributed by atoms with Gasteiger partial charge in [0.15, 0.2) is 0 Å². The van der Waals surface area contributed by atoms with E-state index in [1.54, 1.807) is 18.4 Å². The lowest BCUT2D eigenvalue weighted by Crippen LogP contribution is -2.23. The van der Waals surface area contributed by atoms with Gasteiger partial charge in [0.25, 0.3) is 0 Å². The fourth-order valence-electron chi connectivity index (χ4n) is 2.02. The smallest absolute Gasteiger partial charge is 0.214 e. The Morgan fingerprint density at radius 3 is 2.64 bits per heavy atom. The molecule has 6 nitrogen and oxygen atoms in total. The van der Waals surface area contributed by atoms with Gasteiger partial charge in [-0.15, -0.1) is 5.10 Å². The quantitative estimate of drug-likeness (QED) is 0.699. The second-order valence-corrected chi connectivity index (χ2v) is 5.87. The number of likely N-dealkylation sites (N-methyl/N-ethyl adjacent to an activating group) is 1. The van der Waals surface area contributed by atoms with Crippen molar-refractivity contribution in [3.05, 3.63) is 36.2 Å². The zero-order valence-corrected chi connectivity index (χ0v) is 13.6. The summed E-state index contributed by atoms with van der Waals surface area (Å²) in [6.07, 6.45) is 1.93. The molecular formula is C15H18N4O2S. The van der Waals surface area contributed by atoms with Crippen LogP contribution in [0.2, 0.25) is 0 Å². The van der Waals surface area contributed by atoms with E-state index in [0.717, 1.165) is 33.8 Å². The van der Waals surface area contributed by atoms with E-state index in [4.69, 9.17) is 9.47 Å². The van der Waals surface area contributed by atoms with Crippen molar-refractivity contribution >= 4 is 21.4 Å². The molecule has 0 fully saturated rings. The molecule has 0 amide bonds. The van der Waals surface area contributed by atoms with Gasteiger partial charge in [0.2, 0.25) is 10.1 Å². The Hall–Kier alpha value is -2.28. The highest BCUT2D eigenvalue weighted by Gasteiger charge is 2.10. The van der Waals surface area contributed by atoms with Crippen molar-refractivity contribution in [3.8, 4) is 11.5 Å². The molecule has 0 atom stereocenters. The lowest BCUT2D eigenvalue weighted by molar-refractivity contribution is 0.325. The van der Waals surface area contributed by atoms with Gasteiger partial charge in [0.1, 0.15) is 18.1 Å². The summed E-state index contributed by atoms with van der Waals surface area (Å²) in [6.45, 7) is 3.30. The van der Waals surface area contributed by atoms with Gasteiger partial charge in [-0.25, -0.2) is 9.50 Å². The summed E-state index contributed by atoms with van der Waals surface area (Å²) in [7, 11) is 3.65. The lowest BCUT2D eigenvalue weighted by atomic mass is 10.3. The number of anilines is 1. The first-order chi connectivity index (χ1) is 10.7. The topological polar surface area (TPSA) is 51.9 Å². The molecule has 7 heteroatoms. The molecule has 1 aromatic carbocycles. The van der Waals surface area contributed by atoms with Crippen molar-refractivity contribution in [1.29, 1.82) is 0 Å². The van der Waals surface area contributed by atoms with Crippen LogP contribution in [0.15, 0.2) is 30.5 Å². The third kappa shape index (κ3) is 3.14. The number of ether oxygens (including phenoxy) is 2. The fourth-order valence-corrected chi connectivity index (χ4v) is 2.94.